The summed E-state index contributed by atoms with van der Waals surface area (Å²) in [5.74, 6) is -0.879. The van der Waals surface area contributed by atoms with Crippen molar-refractivity contribution in [2.45, 2.75) is 19.4 Å². The Morgan fingerprint density at radius 1 is 1.12 bits per heavy atom. The van der Waals surface area contributed by atoms with Crippen molar-refractivity contribution in [3.05, 3.63) is 54.1 Å². The molecule has 0 aliphatic heterocycles. The van der Waals surface area contributed by atoms with Crippen LogP contribution in [0.1, 0.15) is 25.0 Å². The van der Waals surface area contributed by atoms with Gasteiger partial charge in [-0.05, 0) is 17.7 Å². The van der Waals surface area contributed by atoms with Crippen LogP contribution in [-0.2, 0) is 9.59 Å². The summed E-state index contributed by atoms with van der Waals surface area (Å²) in [6.07, 6.45) is -1.10. The van der Waals surface area contributed by atoms with Gasteiger partial charge >= 0.3 is 11.9 Å². The van der Waals surface area contributed by atoms with Crippen molar-refractivity contribution < 1.29 is 34.4 Å². The number of aliphatic hydroxyl groups excluding tert-OH is 1. The Balaban J connectivity index is 0.000000257. The van der Waals surface area contributed by atoms with E-state index in [9.17, 15) is 14.7 Å². The Bertz CT molecular complexity index is 698. The minimum atomic E-state index is -1.41. The van der Waals surface area contributed by atoms with Crippen LogP contribution in [0.5, 0.6) is 17.2 Å². The van der Waals surface area contributed by atoms with Crippen LogP contribution < -0.4 is 9.47 Å². The summed E-state index contributed by atoms with van der Waals surface area (Å²) in [4.78, 5) is 21.2. The minimum absolute atomic E-state index is 0.0174. The van der Waals surface area contributed by atoms with Crippen molar-refractivity contribution in [3.63, 3.8) is 0 Å². The monoisotopic (exact) mass is 348 g/mol. The van der Waals surface area contributed by atoms with Crippen LogP contribution in [0.25, 0.3) is 0 Å². The van der Waals surface area contributed by atoms with E-state index in [0.717, 1.165) is 0 Å². The average Bonchev–Trinajstić information content (AvgIpc) is 2.63. The number of carboxylic acid groups (broad SMARTS) is 1. The summed E-state index contributed by atoms with van der Waals surface area (Å²) in [6, 6.07) is 12.6. The SMILES string of the molecule is CCC(=O)Oc1ccc(O)c(OC)c1.O=C(O)[C@H](O)c1ccccc1. The summed E-state index contributed by atoms with van der Waals surface area (Å²) in [5.41, 5.74) is 0.403. The molecule has 0 saturated heterocycles. The molecule has 134 valence electrons. The van der Waals surface area contributed by atoms with E-state index in [-0.39, 0.29) is 17.5 Å². The molecule has 2 aromatic rings. The van der Waals surface area contributed by atoms with Crippen molar-refractivity contribution >= 4 is 11.9 Å². The van der Waals surface area contributed by atoms with Gasteiger partial charge in [0.1, 0.15) is 5.75 Å². The Hall–Kier alpha value is -3.06. The molecule has 7 nitrogen and oxygen atoms in total. The van der Waals surface area contributed by atoms with Gasteiger partial charge in [-0.3, -0.25) is 4.79 Å². The van der Waals surface area contributed by atoms with Crippen LogP contribution in [0, 0.1) is 0 Å². The van der Waals surface area contributed by atoms with Gasteiger partial charge < -0.3 is 24.8 Å². The molecule has 0 radical (unpaired) electrons. The molecule has 7 heteroatoms. The fourth-order valence-electron chi connectivity index (χ4n) is 1.70. The highest BCUT2D eigenvalue weighted by molar-refractivity contribution is 5.74. The number of esters is 1. The van der Waals surface area contributed by atoms with Crippen LogP contribution in [0.4, 0.5) is 0 Å². The number of rotatable bonds is 5. The van der Waals surface area contributed by atoms with Gasteiger partial charge in [0.05, 0.1) is 7.11 Å². The van der Waals surface area contributed by atoms with Gasteiger partial charge in [0, 0.05) is 12.5 Å². The molecule has 0 saturated carbocycles. The van der Waals surface area contributed by atoms with Gasteiger partial charge in [-0.25, -0.2) is 4.79 Å². The van der Waals surface area contributed by atoms with Crippen molar-refractivity contribution in [1.29, 1.82) is 0 Å². The first-order chi connectivity index (χ1) is 11.9. The van der Waals surface area contributed by atoms with Gasteiger partial charge in [0.2, 0.25) is 0 Å². The number of phenolic OH excluding ortho intramolecular Hbond substituents is 1. The number of aliphatic hydroxyl groups is 1. The van der Waals surface area contributed by atoms with Crippen LogP contribution >= 0.6 is 0 Å². The van der Waals surface area contributed by atoms with E-state index in [0.29, 0.717) is 17.7 Å². The Morgan fingerprint density at radius 3 is 2.28 bits per heavy atom. The minimum Gasteiger partial charge on any atom is -0.504 e. The lowest BCUT2D eigenvalue weighted by Gasteiger charge is -2.06. The quantitative estimate of drug-likeness (QED) is 0.562. The van der Waals surface area contributed by atoms with E-state index in [1.165, 1.54) is 25.3 Å². The van der Waals surface area contributed by atoms with Crippen molar-refractivity contribution in [3.8, 4) is 17.2 Å². The second-order valence-corrected chi connectivity index (χ2v) is 4.81. The first-order valence-electron chi connectivity index (χ1n) is 7.42. The molecule has 0 aliphatic carbocycles. The summed E-state index contributed by atoms with van der Waals surface area (Å²) >= 11 is 0. The highest BCUT2D eigenvalue weighted by Gasteiger charge is 2.14. The number of methoxy groups -OCH3 is 1. The number of carboxylic acids is 1. The zero-order valence-electron chi connectivity index (χ0n) is 13.9. The van der Waals surface area contributed by atoms with Crippen LogP contribution in [-0.4, -0.2) is 34.4 Å². The molecule has 0 unspecified atom stereocenters. The van der Waals surface area contributed by atoms with E-state index in [1.54, 1.807) is 37.3 Å². The molecular formula is C18H20O7. The molecule has 0 amide bonds. The molecule has 2 rings (SSSR count). The highest BCUT2D eigenvalue weighted by atomic mass is 16.5. The number of aromatic hydroxyl groups is 1. The predicted molar refractivity (Wildman–Crippen MR) is 89.6 cm³/mol. The Morgan fingerprint density at radius 2 is 1.76 bits per heavy atom. The molecule has 0 aromatic heterocycles. The topological polar surface area (TPSA) is 113 Å². The maximum Gasteiger partial charge on any atom is 0.337 e. The van der Waals surface area contributed by atoms with E-state index in [4.69, 9.17) is 19.7 Å². The molecule has 0 heterocycles. The standard InChI is InChI=1S/C10H12O4.C8H8O3/c1-3-10(12)14-7-4-5-8(11)9(6-7)13-2;9-7(8(10)11)6-4-2-1-3-5-6/h4-6,11H,3H2,1-2H3;1-5,7,9H,(H,10,11)/t;7-/m.1/s1. The summed E-state index contributed by atoms with van der Waals surface area (Å²) in [7, 11) is 1.43. The number of hydrogen-bond donors (Lipinski definition) is 3. The summed E-state index contributed by atoms with van der Waals surface area (Å²) < 4.78 is 9.79. The Kier molecular flexibility index (Phi) is 7.95. The normalized spacial score (nSPS) is 10.8. The maximum atomic E-state index is 10.9. The van der Waals surface area contributed by atoms with Crippen molar-refractivity contribution in [2.75, 3.05) is 7.11 Å². The van der Waals surface area contributed by atoms with Gasteiger partial charge in [-0.2, -0.15) is 0 Å². The molecule has 0 bridgehead atoms. The first kappa shape index (κ1) is 20.0. The molecule has 25 heavy (non-hydrogen) atoms. The second-order valence-electron chi connectivity index (χ2n) is 4.81. The van der Waals surface area contributed by atoms with Gasteiger partial charge in [-0.15, -0.1) is 0 Å². The third-order valence-electron chi connectivity index (χ3n) is 3.02. The predicted octanol–water partition coefficient (Wildman–Crippen LogP) is 2.52. The number of benzene rings is 2. The highest BCUT2D eigenvalue weighted by Crippen LogP contribution is 2.29. The molecule has 0 aliphatic rings. The zero-order valence-corrected chi connectivity index (χ0v) is 13.9. The van der Waals surface area contributed by atoms with E-state index in [2.05, 4.69) is 0 Å². The fourth-order valence-corrected chi connectivity index (χ4v) is 1.70. The van der Waals surface area contributed by atoms with Gasteiger partial charge in [0.15, 0.2) is 17.6 Å². The fraction of sp³-hybridized carbons (Fsp3) is 0.222. The first-order valence-corrected chi connectivity index (χ1v) is 7.42. The zero-order chi connectivity index (χ0) is 18.8. The molecule has 2 aromatic carbocycles. The molecule has 1 atom stereocenters. The smallest absolute Gasteiger partial charge is 0.337 e. The molecule has 0 spiro atoms. The summed E-state index contributed by atoms with van der Waals surface area (Å²) in [6.45, 7) is 1.71. The van der Waals surface area contributed by atoms with Crippen LogP contribution in [0.3, 0.4) is 0 Å². The number of carbonyl (C=O) groups is 2. The van der Waals surface area contributed by atoms with Gasteiger partial charge in [0.25, 0.3) is 0 Å². The number of phenols is 1. The van der Waals surface area contributed by atoms with E-state index < -0.39 is 12.1 Å². The molecule has 0 fully saturated rings. The lowest BCUT2D eigenvalue weighted by atomic mass is 10.1. The third kappa shape index (κ3) is 6.52. The van der Waals surface area contributed by atoms with Crippen LogP contribution in [0.15, 0.2) is 48.5 Å². The molecular weight excluding hydrogens is 328 g/mol. The number of aliphatic carboxylic acids is 1. The molecule has 3 N–H and O–H groups in total. The van der Waals surface area contributed by atoms with Crippen molar-refractivity contribution in [1.82, 2.24) is 0 Å². The maximum absolute atomic E-state index is 10.9. The largest absolute Gasteiger partial charge is 0.504 e. The Labute approximate surface area is 145 Å². The van der Waals surface area contributed by atoms with Crippen LogP contribution in [0.2, 0.25) is 0 Å². The number of ether oxygens (including phenoxy) is 2. The van der Waals surface area contributed by atoms with Gasteiger partial charge in [-0.1, -0.05) is 37.3 Å². The third-order valence-corrected chi connectivity index (χ3v) is 3.02. The lowest BCUT2D eigenvalue weighted by Crippen LogP contribution is -2.09. The van der Waals surface area contributed by atoms with E-state index >= 15 is 0 Å². The van der Waals surface area contributed by atoms with E-state index in [1.807, 2.05) is 0 Å². The number of hydrogen-bond acceptors (Lipinski definition) is 6. The average molecular weight is 348 g/mol. The van der Waals surface area contributed by atoms with Crippen molar-refractivity contribution in [2.24, 2.45) is 0 Å². The lowest BCUT2D eigenvalue weighted by molar-refractivity contribution is -0.147. The number of carbonyl (C=O) groups excluding carboxylic acids is 1. The second kappa shape index (κ2) is 9.94. The summed E-state index contributed by atoms with van der Waals surface area (Å²) in [5, 5.41) is 26.6.